The first kappa shape index (κ1) is 18.1. The van der Waals surface area contributed by atoms with E-state index in [4.69, 9.17) is 0 Å². The highest BCUT2D eigenvalue weighted by atomic mass is 32.2. The monoisotopic (exact) mass is 382 g/mol. The number of carbonyl (C=O) groups excluding carboxylic acids is 1. The van der Waals surface area contributed by atoms with Crippen LogP contribution < -0.4 is 4.72 Å². The Morgan fingerprint density at radius 3 is 2.52 bits per heavy atom. The van der Waals surface area contributed by atoms with Crippen LogP contribution in [-0.4, -0.2) is 48.1 Å². The van der Waals surface area contributed by atoms with Crippen LogP contribution >= 0.6 is 11.3 Å². The Kier molecular flexibility index (Phi) is 4.99. The summed E-state index contributed by atoms with van der Waals surface area (Å²) in [6.45, 7) is 4.78. The molecule has 0 aliphatic carbocycles. The Balaban J connectivity index is 1.63. The third-order valence-corrected chi connectivity index (χ3v) is 7.50. The molecule has 3 rings (SSSR count). The summed E-state index contributed by atoms with van der Waals surface area (Å²) < 4.78 is 29.4. The lowest BCUT2D eigenvalue weighted by atomic mass is 10.0. The third kappa shape index (κ3) is 3.63. The number of hydrogen-bond donors (Lipinski definition) is 1. The normalized spacial score (nSPS) is 16.4. The molecule has 1 aliphatic heterocycles. The van der Waals surface area contributed by atoms with E-state index in [2.05, 4.69) is 9.82 Å². The number of rotatable bonds is 4. The van der Waals surface area contributed by atoms with Gasteiger partial charge in [0.2, 0.25) is 10.0 Å². The van der Waals surface area contributed by atoms with Crippen LogP contribution in [0.4, 0.5) is 0 Å². The number of aromatic nitrogens is 2. The molecule has 0 radical (unpaired) electrons. The van der Waals surface area contributed by atoms with E-state index >= 15 is 0 Å². The van der Waals surface area contributed by atoms with Crippen molar-refractivity contribution in [3.8, 4) is 0 Å². The number of sulfonamides is 1. The molecule has 0 unspecified atom stereocenters. The van der Waals surface area contributed by atoms with Crippen LogP contribution in [0.25, 0.3) is 0 Å². The fraction of sp³-hybridized carbons (Fsp3) is 0.500. The maximum Gasteiger partial charge on any atom is 0.257 e. The highest BCUT2D eigenvalue weighted by Gasteiger charge is 2.29. The van der Waals surface area contributed by atoms with E-state index in [0.717, 1.165) is 11.4 Å². The predicted molar refractivity (Wildman–Crippen MR) is 96.2 cm³/mol. The van der Waals surface area contributed by atoms with Gasteiger partial charge in [-0.3, -0.25) is 9.48 Å². The van der Waals surface area contributed by atoms with Gasteiger partial charge < -0.3 is 4.90 Å². The second-order valence-electron chi connectivity index (χ2n) is 6.29. The first-order chi connectivity index (χ1) is 11.8. The van der Waals surface area contributed by atoms with E-state index in [0.29, 0.717) is 35.7 Å². The second kappa shape index (κ2) is 6.89. The summed E-state index contributed by atoms with van der Waals surface area (Å²) in [4.78, 5) is 14.6. The van der Waals surface area contributed by atoms with Crippen LogP contribution in [0.15, 0.2) is 21.7 Å². The van der Waals surface area contributed by atoms with Gasteiger partial charge in [-0.1, -0.05) is 6.07 Å². The largest absolute Gasteiger partial charge is 0.338 e. The lowest BCUT2D eigenvalue weighted by Crippen LogP contribution is -2.46. The average Bonchev–Trinajstić information content (AvgIpc) is 3.17. The standard InChI is InChI=1S/C16H22N4O3S2/c1-11-15(12(2)19(3)17-11)16(21)20-8-6-13(7-9-20)18-25(22,23)14-5-4-10-24-14/h4-5,10,13,18H,6-9H2,1-3H3. The van der Waals surface area contributed by atoms with Crippen molar-refractivity contribution in [3.05, 3.63) is 34.5 Å². The van der Waals surface area contributed by atoms with Gasteiger partial charge in [-0.25, -0.2) is 13.1 Å². The van der Waals surface area contributed by atoms with Gasteiger partial charge in [-0.2, -0.15) is 5.10 Å². The molecule has 3 heterocycles. The average molecular weight is 383 g/mol. The van der Waals surface area contributed by atoms with Gasteiger partial charge in [0.25, 0.3) is 5.91 Å². The summed E-state index contributed by atoms with van der Waals surface area (Å²) >= 11 is 1.20. The molecule has 2 aromatic rings. The number of thiophene rings is 1. The summed E-state index contributed by atoms with van der Waals surface area (Å²) in [6, 6.07) is 3.17. The molecule has 0 spiro atoms. The first-order valence-corrected chi connectivity index (χ1v) is 10.5. The Labute approximate surface area is 151 Å². The highest BCUT2D eigenvalue weighted by Crippen LogP contribution is 2.21. The molecular weight excluding hydrogens is 360 g/mol. The highest BCUT2D eigenvalue weighted by molar-refractivity contribution is 7.91. The van der Waals surface area contributed by atoms with Gasteiger partial charge in [-0.05, 0) is 38.1 Å². The van der Waals surface area contributed by atoms with Crippen LogP contribution in [-0.2, 0) is 17.1 Å². The number of aryl methyl sites for hydroxylation is 2. The number of carbonyl (C=O) groups is 1. The molecule has 0 atom stereocenters. The van der Waals surface area contributed by atoms with Crippen molar-refractivity contribution in [2.45, 2.75) is 36.9 Å². The van der Waals surface area contributed by atoms with Crippen LogP contribution in [0.1, 0.15) is 34.6 Å². The molecule has 9 heteroatoms. The van der Waals surface area contributed by atoms with Crippen LogP contribution in [0.3, 0.4) is 0 Å². The van der Waals surface area contributed by atoms with Gasteiger partial charge in [0.1, 0.15) is 4.21 Å². The van der Waals surface area contributed by atoms with Crippen molar-refractivity contribution in [3.63, 3.8) is 0 Å². The van der Waals surface area contributed by atoms with Gasteiger partial charge >= 0.3 is 0 Å². The summed E-state index contributed by atoms with van der Waals surface area (Å²) in [5, 5.41) is 6.04. The fourth-order valence-electron chi connectivity index (χ4n) is 3.14. The maximum atomic E-state index is 12.8. The molecule has 1 amide bonds. The molecule has 1 N–H and O–H groups in total. The van der Waals surface area contributed by atoms with Gasteiger partial charge in [0.15, 0.2) is 0 Å². The Bertz CT molecular complexity index is 864. The Morgan fingerprint density at radius 2 is 2.00 bits per heavy atom. The lowest BCUT2D eigenvalue weighted by molar-refractivity contribution is 0.0709. The van der Waals surface area contributed by atoms with Crippen molar-refractivity contribution in [2.75, 3.05) is 13.1 Å². The van der Waals surface area contributed by atoms with Crippen LogP contribution in [0.2, 0.25) is 0 Å². The molecule has 1 saturated heterocycles. The Morgan fingerprint density at radius 1 is 1.32 bits per heavy atom. The number of amides is 1. The summed E-state index contributed by atoms with van der Waals surface area (Å²) in [7, 11) is -1.64. The van der Waals surface area contributed by atoms with Gasteiger partial charge in [-0.15, -0.1) is 11.3 Å². The number of nitrogens with zero attached hydrogens (tertiary/aromatic N) is 3. The topological polar surface area (TPSA) is 84.3 Å². The van der Waals surface area contributed by atoms with Crippen molar-refractivity contribution in [1.82, 2.24) is 19.4 Å². The van der Waals surface area contributed by atoms with E-state index in [1.165, 1.54) is 11.3 Å². The van der Waals surface area contributed by atoms with Gasteiger partial charge in [0.05, 0.1) is 11.3 Å². The zero-order valence-electron chi connectivity index (χ0n) is 14.5. The van der Waals surface area contributed by atoms with Crippen molar-refractivity contribution in [2.24, 2.45) is 7.05 Å². The SMILES string of the molecule is Cc1nn(C)c(C)c1C(=O)N1CCC(NS(=O)(=O)c2cccs2)CC1. The van der Waals surface area contributed by atoms with Gasteiger partial charge in [0, 0.05) is 31.9 Å². The molecule has 1 aliphatic rings. The zero-order valence-corrected chi connectivity index (χ0v) is 16.2. The number of piperidine rings is 1. The minimum atomic E-state index is -3.46. The van der Waals surface area contributed by atoms with Crippen molar-refractivity contribution < 1.29 is 13.2 Å². The van der Waals surface area contributed by atoms with Crippen LogP contribution in [0, 0.1) is 13.8 Å². The summed E-state index contributed by atoms with van der Waals surface area (Å²) in [5.74, 6) is -0.0253. The third-order valence-electron chi connectivity index (χ3n) is 4.59. The van der Waals surface area contributed by atoms with E-state index in [-0.39, 0.29) is 11.9 Å². The quantitative estimate of drug-likeness (QED) is 0.872. The van der Waals surface area contributed by atoms with Crippen molar-refractivity contribution in [1.29, 1.82) is 0 Å². The predicted octanol–water partition coefficient (Wildman–Crippen LogP) is 1.68. The number of hydrogen-bond acceptors (Lipinski definition) is 5. The molecule has 1 fully saturated rings. The van der Waals surface area contributed by atoms with E-state index in [1.807, 2.05) is 20.9 Å². The molecule has 7 nitrogen and oxygen atoms in total. The first-order valence-electron chi connectivity index (χ1n) is 8.15. The molecule has 0 aromatic carbocycles. The smallest absolute Gasteiger partial charge is 0.257 e. The fourth-order valence-corrected chi connectivity index (χ4v) is 5.45. The molecular formula is C16H22N4O3S2. The summed E-state index contributed by atoms with van der Waals surface area (Å²) in [6.07, 6.45) is 1.21. The minimum absolute atomic E-state index is 0.0253. The number of likely N-dealkylation sites (tertiary alicyclic amines) is 1. The second-order valence-corrected chi connectivity index (χ2v) is 9.18. The summed E-state index contributed by atoms with van der Waals surface area (Å²) in [5.41, 5.74) is 2.23. The lowest BCUT2D eigenvalue weighted by Gasteiger charge is -2.32. The molecule has 2 aromatic heterocycles. The van der Waals surface area contributed by atoms with Crippen molar-refractivity contribution >= 4 is 27.3 Å². The zero-order chi connectivity index (χ0) is 18.2. The van der Waals surface area contributed by atoms with E-state index in [1.54, 1.807) is 27.1 Å². The molecule has 25 heavy (non-hydrogen) atoms. The molecule has 136 valence electrons. The van der Waals surface area contributed by atoms with E-state index in [9.17, 15) is 13.2 Å². The maximum absolute atomic E-state index is 12.8. The van der Waals surface area contributed by atoms with E-state index < -0.39 is 10.0 Å². The number of nitrogens with one attached hydrogen (secondary N) is 1. The Hall–Kier alpha value is -1.71. The molecule has 0 bridgehead atoms. The minimum Gasteiger partial charge on any atom is -0.338 e. The molecule has 0 saturated carbocycles. The van der Waals surface area contributed by atoms with Crippen LogP contribution in [0.5, 0.6) is 0 Å².